The van der Waals surface area contributed by atoms with Gasteiger partial charge in [-0.1, -0.05) is 32.0 Å². The maximum absolute atomic E-state index is 12.3. The van der Waals surface area contributed by atoms with Gasteiger partial charge in [0.05, 0.1) is 11.4 Å². The average Bonchev–Trinajstić information content (AvgIpc) is 3.20. The number of anilines is 2. The molecule has 5 nitrogen and oxygen atoms in total. The molecule has 6 heteroatoms. The number of nitrogens with zero attached hydrogens (tertiary/aromatic N) is 2. The van der Waals surface area contributed by atoms with Crippen LogP contribution in [0.15, 0.2) is 53.9 Å². The lowest BCUT2D eigenvalue weighted by Gasteiger charge is -2.20. The van der Waals surface area contributed by atoms with Crippen LogP contribution in [-0.2, 0) is 17.8 Å². The number of carbonyl (C=O) groups excluding carboxylic acids is 2. The van der Waals surface area contributed by atoms with Crippen molar-refractivity contribution in [3.05, 3.63) is 70.7 Å². The number of ether oxygens (including phenoxy) is 1. The van der Waals surface area contributed by atoms with Crippen LogP contribution >= 0.6 is 11.3 Å². The maximum atomic E-state index is 12.3. The number of hydrogen-bond acceptors (Lipinski definition) is 5. The Labute approximate surface area is 175 Å². The lowest BCUT2D eigenvalue weighted by atomic mass is 10.1. The monoisotopic (exact) mass is 408 g/mol. The van der Waals surface area contributed by atoms with Crippen LogP contribution in [0, 0.1) is 0 Å². The van der Waals surface area contributed by atoms with Gasteiger partial charge in [0.25, 0.3) is 0 Å². The summed E-state index contributed by atoms with van der Waals surface area (Å²) < 4.78 is 5.79. The van der Waals surface area contributed by atoms with Gasteiger partial charge in [-0.2, -0.15) is 0 Å². The molecule has 0 spiro atoms. The zero-order chi connectivity index (χ0) is 20.8. The molecule has 0 aliphatic carbocycles. The predicted molar refractivity (Wildman–Crippen MR) is 116 cm³/mol. The molecular weight excluding hydrogens is 384 g/mol. The molecule has 0 radical (unpaired) electrons. The fraction of sp³-hybridized carbons (Fsp3) is 0.261. The molecule has 0 saturated carbocycles. The highest BCUT2D eigenvalue weighted by molar-refractivity contribution is 7.14. The second-order valence-corrected chi connectivity index (χ2v) is 7.38. The standard InChI is InChI=1S/C23H24N2O3S/c1-4-17-8-6-7-9-21(17)25(16(3)26)23-24-19(15-29-23)14-28-20-12-10-18(11-13-20)22(27)5-2/h6-13,15H,4-5,14H2,1-3H3. The average molecular weight is 409 g/mol. The third-order valence-electron chi connectivity index (χ3n) is 4.54. The largest absolute Gasteiger partial charge is 0.487 e. The topological polar surface area (TPSA) is 59.5 Å². The summed E-state index contributed by atoms with van der Waals surface area (Å²) >= 11 is 1.41. The molecule has 150 valence electrons. The Morgan fingerprint density at radius 2 is 1.79 bits per heavy atom. The zero-order valence-corrected chi connectivity index (χ0v) is 17.7. The number of Topliss-reactive ketones (excluding diaryl/α,β-unsaturated/α-hetero) is 1. The minimum atomic E-state index is -0.0797. The lowest BCUT2D eigenvalue weighted by molar-refractivity contribution is -0.115. The van der Waals surface area contributed by atoms with E-state index in [1.54, 1.807) is 36.1 Å². The van der Waals surface area contributed by atoms with Gasteiger partial charge >= 0.3 is 0 Å². The van der Waals surface area contributed by atoms with Crippen molar-refractivity contribution in [1.82, 2.24) is 4.98 Å². The van der Waals surface area contributed by atoms with E-state index in [0.29, 0.717) is 29.5 Å². The summed E-state index contributed by atoms with van der Waals surface area (Å²) in [5.41, 5.74) is 3.39. The number of thiazole rings is 1. The van der Waals surface area contributed by atoms with Gasteiger partial charge in [-0.3, -0.25) is 14.5 Å². The van der Waals surface area contributed by atoms with Gasteiger partial charge < -0.3 is 4.74 Å². The summed E-state index contributed by atoms with van der Waals surface area (Å²) in [6, 6.07) is 15.0. The first kappa shape index (κ1) is 20.7. The SMILES string of the molecule is CCC(=O)c1ccc(OCc2csc(N(C(C)=O)c3ccccc3CC)n2)cc1. The number of ketones is 1. The van der Waals surface area contributed by atoms with Gasteiger partial charge in [-0.25, -0.2) is 4.98 Å². The molecule has 2 aromatic carbocycles. The number of aryl methyl sites for hydroxylation is 1. The van der Waals surface area contributed by atoms with E-state index in [1.165, 1.54) is 11.3 Å². The molecule has 0 bridgehead atoms. The van der Waals surface area contributed by atoms with E-state index in [2.05, 4.69) is 11.9 Å². The Balaban J connectivity index is 1.73. The molecular formula is C23H24N2O3S. The van der Waals surface area contributed by atoms with Crippen molar-refractivity contribution < 1.29 is 14.3 Å². The van der Waals surface area contributed by atoms with Crippen molar-refractivity contribution in [2.45, 2.75) is 40.2 Å². The number of amides is 1. The van der Waals surface area contributed by atoms with Crippen molar-refractivity contribution >= 4 is 33.8 Å². The van der Waals surface area contributed by atoms with E-state index in [0.717, 1.165) is 23.4 Å². The summed E-state index contributed by atoms with van der Waals surface area (Å²) in [6.45, 7) is 5.75. The van der Waals surface area contributed by atoms with Crippen molar-refractivity contribution in [1.29, 1.82) is 0 Å². The summed E-state index contributed by atoms with van der Waals surface area (Å²) in [5, 5.41) is 2.52. The quantitative estimate of drug-likeness (QED) is 0.458. The molecule has 3 rings (SSSR count). The zero-order valence-electron chi connectivity index (χ0n) is 16.8. The third-order valence-corrected chi connectivity index (χ3v) is 5.42. The molecule has 0 N–H and O–H groups in total. The summed E-state index contributed by atoms with van der Waals surface area (Å²) in [4.78, 5) is 30.3. The number of para-hydroxylation sites is 1. The molecule has 0 aliphatic rings. The minimum absolute atomic E-state index is 0.0797. The van der Waals surface area contributed by atoms with Crippen LogP contribution in [0.3, 0.4) is 0 Å². The van der Waals surface area contributed by atoms with Gasteiger partial charge in [-0.15, -0.1) is 11.3 Å². The molecule has 0 fully saturated rings. The molecule has 29 heavy (non-hydrogen) atoms. The highest BCUT2D eigenvalue weighted by atomic mass is 32.1. The first-order valence-electron chi connectivity index (χ1n) is 9.62. The van der Waals surface area contributed by atoms with E-state index < -0.39 is 0 Å². The number of hydrogen-bond donors (Lipinski definition) is 0. The van der Waals surface area contributed by atoms with E-state index in [4.69, 9.17) is 4.74 Å². The lowest BCUT2D eigenvalue weighted by Crippen LogP contribution is -2.23. The number of rotatable bonds is 8. The highest BCUT2D eigenvalue weighted by Gasteiger charge is 2.20. The molecule has 0 unspecified atom stereocenters. The Kier molecular flexibility index (Phi) is 6.77. The fourth-order valence-electron chi connectivity index (χ4n) is 3.00. The van der Waals surface area contributed by atoms with Gasteiger partial charge in [-0.05, 0) is 42.3 Å². The Morgan fingerprint density at radius 3 is 2.45 bits per heavy atom. The van der Waals surface area contributed by atoms with Crippen LogP contribution < -0.4 is 9.64 Å². The van der Waals surface area contributed by atoms with Crippen molar-refractivity contribution in [3.8, 4) is 5.75 Å². The van der Waals surface area contributed by atoms with Crippen LogP contribution in [0.4, 0.5) is 10.8 Å². The summed E-state index contributed by atoms with van der Waals surface area (Å²) in [6.07, 6.45) is 1.31. The summed E-state index contributed by atoms with van der Waals surface area (Å²) in [5.74, 6) is 0.702. The van der Waals surface area contributed by atoms with Crippen molar-refractivity contribution in [2.24, 2.45) is 0 Å². The number of benzene rings is 2. The van der Waals surface area contributed by atoms with Crippen LogP contribution in [0.25, 0.3) is 0 Å². The van der Waals surface area contributed by atoms with Crippen LogP contribution in [-0.4, -0.2) is 16.7 Å². The smallest absolute Gasteiger partial charge is 0.230 e. The fourth-order valence-corrected chi connectivity index (χ4v) is 3.86. The van der Waals surface area contributed by atoms with Gasteiger partial charge in [0.15, 0.2) is 10.9 Å². The Bertz CT molecular complexity index is 995. The first-order valence-corrected chi connectivity index (χ1v) is 10.5. The van der Waals surface area contributed by atoms with Gasteiger partial charge in [0, 0.05) is 24.3 Å². The van der Waals surface area contributed by atoms with Crippen LogP contribution in [0.1, 0.15) is 48.8 Å². The maximum Gasteiger partial charge on any atom is 0.230 e. The Hall–Kier alpha value is -2.99. The predicted octanol–water partition coefficient (Wildman–Crippen LogP) is 5.56. The molecule has 0 atom stereocenters. The normalized spacial score (nSPS) is 10.6. The first-order chi connectivity index (χ1) is 14.0. The Morgan fingerprint density at radius 1 is 1.07 bits per heavy atom. The van der Waals surface area contributed by atoms with E-state index in [1.807, 2.05) is 36.6 Å². The highest BCUT2D eigenvalue weighted by Crippen LogP contribution is 2.32. The second-order valence-electron chi connectivity index (χ2n) is 6.55. The molecule has 1 aromatic heterocycles. The second kappa shape index (κ2) is 9.47. The number of aromatic nitrogens is 1. The van der Waals surface area contributed by atoms with E-state index >= 15 is 0 Å². The van der Waals surface area contributed by atoms with Crippen molar-refractivity contribution in [2.75, 3.05) is 4.90 Å². The van der Waals surface area contributed by atoms with Crippen LogP contribution in [0.5, 0.6) is 5.75 Å². The van der Waals surface area contributed by atoms with Gasteiger partial charge in [0.1, 0.15) is 12.4 Å². The third kappa shape index (κ3) is 4.90. The van der Waals surface area contributed by atoms with Crippen LogP contribution in [0.2, 0.25) is 0 Å². The van der Waals surface area contributed by atoms with E-state index in [-0.39, 0.29) is 11.7 Å². The minimum Gasteiger partial charge on any atom is -0.487 e. The molecule has 3 aromatic rings. The van der Waals surface area contributed by atoms with E-state index in [9.17, 15) is 9.59 Å². The van der Waals surface area contributed by atoms with Crippen molar-refractivity contribution in [3.63, 3.8) is 0 Å². The summed E-state index contributed by atoms with van der Waals surface area (Å²) in [7, 11) is 0. The molecule has 0 saturated heterocycles. The van der Waals surface area contributed by atoms with Gasteiger partial charge in [0.2, 0.25) is 5.91 Å². The molecule has 1 amide bonds. The number of carbonyl (C=O) groups is 2. The molecule has 0 aliphatic heterocycles. The molecule has 1 heterocycles.